The third-order valence-corrected chi connectivity index (χ3v) is 4.50. The number of amides is 1. The minimum atomic E-state index is -0.268. The SMILES string of the molecule is CN1C(=O)C2(CCNCC2)c2ccc(Br)cc21. The standard InChI is InChI=1S/C13H15BrN2O/c1-16-11-8-9(14)2-3-10(11)13(12(16)17)4-6-15-7-5-13/h2-3,8,15H,4-7H2,1H3. The van der Waals surface area contributed by atoms with Gasteiger partial charge < -0.3 is 10.2 Å². The second-order valence-electron chi connectivity index (χ2n) is 4.86. The Morgan fingerprint density at radius 2 is 2.06 bits per heavy atom. The van der Waals surface area contributed by atoms with Gasteiger partial charge in [0.25, 0.3) is 0 Å². The van der Waals surface area contributed by atoms with Crippen molar-refractivity contribution >= 4 is 27.5 Å². The summed E-state index contributed by atoms with van der Waals surface area (Å²) in [5.41, 5.74) is 2.00. The van der Waals surface area contributed by atoms with Gasteiger partial charge in [0.15, 0.2) is 0 Å². The van der Waals surface area contributed by atoms with Gasteiger partial charge in [-0.3, -0.25) is 4.79 Å². The molecule has 17 heavy (non-hydrogen) atoms. The van der Waals surface area contributed by atoms with Crippen molar-refractivity contribution < 1.29 is 4.79 Å². The Kier molecular flexibility index (Phi) is 2.52. The Hall–Kier alpha value is -0.870. The number of piperidine rings is 1. The molecule has 0 atom stereocenters. The van der Waals surface area contributed by atoms with Crippen molar-refractivity contribution in [3.05, 3.63) is 28.2 Å². The average molecular weight is 295 g/mol. The molecule has 90 valence electrons. The van der Waals surface area contributed by atoms with E-state index in [2.05, 4.69) is 27.3 Å². The number of nitrogens with one attached hydrogen (secondary N) is 1. The molecule has 3 rings (SSSR count). The van der Waals surface area contributed by atoms with Gasteiger partial charge in [-0.2, -0.15) is 0 Å². The largest absolute Gasteiger partial charge is 0.317 e. The van der Waals surface area contributed by atoms with Gasteiger partial charge in [0.05, 0.1) is 5.41 Å². The Morgan fingerprint density at radius 3 is 2.76 bits per heavy atom. The van der Waals surface area contributed by atoms with Crippen molar-refractivity contribution in [3.8, 4) is 0 Å². The molecule has 0 aromatic heterocycles. The quantitative estimate of drug-likeness (QED) is 0.794. The highest BCUT2D eigenvalue weighted by molar-refractivity contribution is 9.10. The van der Waals surface area contributed by atoms with Crippen molar-refractivity contribution in [2.45, 2.75) is 18.3 Å². The van der Waals surface area contributed by atoms with Gasteiger partial charge >= 0.3 is 0 Å². The monoisotopic (exact) mass is 294 g/mol. The molecule has 1 N–H and O–H groups in total. The zero-order valence-electron chi connectivity index (χ0n) is 9.79. The van der Waals surface area contributed by atoms with Gasteiger partial charge in [0.1, 0.15) is 0 Å². The van der Waals surface area contributed by atoms with Crippen molar-refractivity contribution in [3.63, 3.8) is 0 Å². The zero-order valence-corrected chi connectivity index (χ0v) is 11.4. The lowest BCUT2D eigenvalue weighted by Gasteiger charge is -2.32. The number of carbonyl (C=O) groups excluding carboxylic acids is 1. The third kappa shape index (κ3) is 1.47. The highest BCUT2D eigenvalue weighted by Gasteiger charge is 2.49. The first-order valence-electron chi connectivity index (χ1n) is 5.94. The van der Waals surface area contributed by atoms with Crippen molar-refractivity contribution in [2.75, 3.05) is 25.0 Å². The van der Waals surface area contributed by atoms with Crippen LogP contribution in [0.25, 0.3) is 0 Å². The number of hydrogen-bond acceptors (Lipinski definition) is 2. The summed E-state index contributed by atoms with van der Waals surface area (Å²) < 4.78 is 1.03. The van der Waals surface area contributed by atoms with E-state index in [9.17, 15) is 4.79 Å². The van der Waals surface area contributed by atoms with Crippen LogP contribution in [0.15, 0.2) is 22.7 Å². The molecular weight excluding hydrogens is 280 g/mol. The number of carbonyl (C=O) groups is 1. The fraction of sp³-hybridized carbons (Fsp3) is 0.462. The lowest BCUT2D eigenvalue weighted by Crippen LogP contribution is -2.46. The first-order valence-corrected chi connectivity index (χ1v) is 6.73. The summed E-state index contributed by atoms with van der Waals surface area (Å²) in [5.74, 6) is 0.257. The maximum Gasteiger partial charge on any atom is 0.237 e. The number of fused-ring (bicyclic) bond motifs is 2. The minimum absolute atomic E-state index is 0.257. The molecule has 1 aromatic rings. The Morgan fingerprint density at radius 1 is 1.35 bits per heavy atom. The summed E-state index contributed by atoms with van der Waals surface area (Å²) in [6.07, 6.45) is 1.82. The number of hydrogen-bond donors (Lipinski definition) is 1. The first kappa shape index (κ1) is 11.2. The smallest absolute Gasteiger partial charge is 0.237 e. The highest BCUT2D eigenvalue weighted by Crippen LogP contribution is 2.47. The van der Waals surface area contributed by atoms with E-state index in [1.54, 1.807) is 0 Å². The molecule has 0 bridgehead atoms. The number of anilines is 1. The second-order valence-corrected chi connectivity index (χ2v) is 5.77. The van der Waals surface area contributed by atoms with Gasteiger partial charge in [-0.25, -0.2) is 0 Å². The molecule has 2 aliphatic heterocycles. The fourth-order valence-electron chi connectivity index (χ4n) is 3.07. The number of nitrogens with zero attached hydrogens (tertiary/aromatic N) is 1. The highest BCUT2D eigenvalue weighted by atomic mass is 79.9. The topological polar surface area (TPSA) is 32.3 Å². The predicted octanol–water partition coefficient (Wildman–Crippen LogP) is 2.05. The summed E-state index contributed by atoms with van der Waals surface area (Å²) in [5, 5.41) is 3.33. The van der Waals surface area contributed by atoms with Crippen LogP contribution >= 0.6 is 15.9 Å². The Labute approximate surface area is 109 Å². The summed E-state index contributed by atoms with van der Waals surface area (Å²) in [6, 6.07) is 6.19. The average Bonchev–Trinajstić information content (AvgIpc) is 2.54. The molecule has 0 aliphatic carbocycles. The summed E-state index contributed by atoms with van der Waals surface area (Å²) in [6.45, 7) is 1.85. The molecule has 1 fully saturated rings. The zero-order chi connectivity index (χ0) is 12.0. The van der Waals surface area contributed by atoms with Crippen LogP contribution in [0.2, 0.25) is 0 Å². The van der Waals surface area contributed by atoms with Crippen LogP contribution in [-0.2, 0) is 10.2 Å². The van der Waals surface area contributed by atoms with Crippen molar-refractivity contribution in [2.24, 2.45) is 0 Å². The summed E-state index contributed by atoms with van der Waals surface area (Å²) in [4.78, 5) is 14.3. The van der Waals surface area contributed by atoms with Crippen LogP contribution < -0.4 is 10.2 Å². The van der Waals surface area contributed by atoms with E-state index in [-0.39, 0.29) is 11.3 Å². The maximum absolute atomic E-state index is 12.5. The van der Waals surface area contributed by atoms with E-state index in [1.165, 1.54) is 5.56 Å². The lowest BCUT2D eigenvalue weighted by molar-refractivity contribution is -0.123. The molecule has 3 nitrogen and oxygen atoms in total. The van der Waals surface area contributed by atoms with Crippen LogP contribution in [0.1, 0.15) is 18.4 Å². The van der Waals surface area contributed by atoms with Gasteiger partial charge in [0.2, 0.25) is 5.91 Å². The molecule has 2 aliphatic rings. The van der Waals surface area contributed by atoms with E-state index in [1.807, 2.05) is 24.1 Å². The van der Waals surface area contributed by atoms with E-state index in [4.69, 9.17) is 0 Å². The Bertz CT molecular complexity index is 480. The predicted molar refractivity (Wildman–Crippen MR) is 71.3 cm³/mol. The third-order valence-electron chi connectivity index (χ3n) is 4.01. The normalized spacial score (nSPS) is 22.0. The molecule has 1 saturated heterocycles. The van der Waals surface area contributed by atoms with Crippen LogP contribution in [0, 0.1) is 0 Å². The first-order chi connectivity index (χ1) is 8.15. The van der Waals surface area contributed by atoms with Crippen LogP contribution in [-0.4, -0.2) is 26.0 Å². The van der Waals surface area contributed by atoms with Crippen LogP contribution in [0.4, 0.5) is 5.69 Å². The fourth-order valence-corrected chi connectivity index (χ4v) is 3.42. The molecule has 0 unspecified atom stereocenters. The molecule has 0 radical (unpaired) electrons. The van der Waals surface area contributed by atoms with Gasteiger partial charge in [-0.05, 0) is 43.6 Å². The van der Waals surface area contributed by atoms with Gasteiger partial charge in [-0.1, -0.05) is 22.0 Å². The van der Waals surface area contributed by atoms with Gasteiger partial charge in [-0.15, -0.1) is 0 Å². The molecule has 4 heteroatoms. The maximum atomic E-state index is 12.5. The molecule has 2 heterocycles. The van der Waals surface area contributed by atoms with Crippen molar-refractivity contribution in [1.29, 1.82) is 0 Å². The summed E-state index contributed by atoms with van der Waals surface area (Å²) in [7, 11) is 1.88. The Balaban J connectivity index is 2.16. The number of benzene rings is 1. The van der Waals surface area contributed by atoms with E-state index in [0.29, 0.717) is 0 Å². The molecule has 1 amide bonds. The summed E-state index contributed by atoms with van der Waals surface area (Å²) >= 11 is 3.47. The van der Waals surface area contributed by atoms with E-state index in [0.717, 1.165) is 36.1 Å². The van der Waals surface area contributed by atoms with Crippen LogP contribution in [0.5, 0.6) is 0 Å². The number of rotatable bonds is 0. The molecule has 1 spiro atoms. The van der Waals surface area contributed by atoms with E-state index < -0.39 is 0 Å². The van der Waals surface area contributed by atoms with Crippen LogP contribution in [0.3, 0.4) is 0 Å². The molecule has 0 saturated carbocycles. The number of likely N-dealkylation sites (N-methyl/N-ethyl adjacent to an activating group) is 1. The molecular formula is C13H15BrN2O. The second kappa shape index (κ2) is 3.82. The minimum Gasteiger partial charge on any atom is -0.317 e. The lowest BCUT2D eigenvalue weighted by atomic mass is 9.74. The van der Waals surface area contributed by atoms with E-state index >= 15 is 0 Å². The number of halogens is 1. The van der Waals surface area contributed by atoms with Gasteiger partial charge in [0, 0.05) is 17.2 Å². The molecule has 1 aromatic carbocycles. The van der Waals surface area contributed by atoms with Crippen molar-refractivity contribution in [1.82, 2.24) is 5.32 Å².